The summed E-state index contributed by atoms with van der Waals surface area (Å²) in [6.07, 6.45) is 0.775. The van der Waals surface area contributed by atoms with E-state index in [0.29, 0.717) is 28.4 Å². The molecule has 5 heterocycles. The molecule has 0 aliphatic carbocycles. The Kier molecular flexibility index (Phi) is 7.50. The first kappa shape index (κ1) is 27.7. The summed E-state index contributed by atoms with van der Waals surface area (Å²) in [4.78, 5) is 37.9. The smallest absolute Gasteiger partial charge is 0.336 e. The monoisotopic (exact) mass is 647 g/mol. The van der Waals surface area contributed by atoms with Crippen molar-refractivity contribution < 1.29 is 14.3 Å². The number of rotatable bonds is 4. The molecule has 41 heavy (non-hydrogen) atoms. The average Bonchev–Trinajstić information content (AvgIpc) is 3.45. The lowest BCUT2D eigenvalue weighted by atomic mass is 9.81. The van der Waals surface area contributed by atoms with Crippen molar-refractivity contribution in [3.63, 3.8) is 0 Å². The highest BCUT2D eigenvalue weighted by atomic mass is 79.9. The molecule has 0 fully saturated rings. The Morgan fingerprint density at radius 3 is 2.78 bits per heavy atom. The number of aromatic nitrogens is 1. The number of carbonyl (C=O) groups is 2. The summed E-state index contributed by atoms with van der Waals surface area (Å²) in [6, 6.07) is 13.6. The second-order valence-electron chi connectivity index (χ2n) is 9.93. The summed E-state index contributed by atoms with van der Waals surface area (Å²) in [5.41, 5.74) is 11.5. The van der Waals surface area contributed by atoms with E-state index in [1.54, 1.807) is 18.3 Å². The van der Waals surface area contributed by atoms with Gasteiger partial charge < -0.3 is 15.4 Å². The van der Waals surface area contributed by atoms with Gasteiger partial charge in [0.2, 0.25) is 0 Å². The molecule has 1 aromatic carbocycles. The molecular formula is C30H26BrN5O3S2. The Morgan fingerprint density at radius 1 is 1.27 bits per heavy atom. The van der Waals surface area contributed by atoms with Gasteiger partial charge in [-0.15, -0.1) is 11.3 Å². The lowest BCUT2D eigenvalue weighted by Gasteiger charge is -2.35. The van der Waals surface area contributed by atoms with Crippen LogP contribution < -0.4 is 5.73 Å². The number of benzene rings is 1. The summed E-state index contributed by atoms with van der Waals surface area (Å²) in [6.45, 7) is 3.41. The molecule has 3 aliphatic rings. The van der Waals surface area contributed by atoms with Crippen molar-refractivity contribution in [1.82, 2.24) is 14.8 Å². The summed E-state index contributed by atoms with van der Waals surface area (Å²) in [5, 5.41) is 13.0. The number of nitriles is 1. The highest BCUT2D eigenvalue weighted by Gasteiger charge is 2.45. The summed E-state index contributed by atoms with van der Waals surface area (Å²) >= 11 is 6.57. The molecule has 1 unspecified atom stereocenters. The number of thiophene rings is 1. The number of nitrogens with two attached hydrogens (primary N) is 1. The van der Waals surface area contributed by atoms with E-state index in [-0.39, 0.29) is 29.3 Å². The minimum atomic E-state index is -0.804. The standard InChI is InChI=1S/C30H26BrN5O3S2/c1-3-39-30(38)25-21-15-41-28-26(24(22-9-6-12-40-22)18-14-35(2)11-10-20(18)34-28)29(37)36(21)27(33)17(13-32)23(25)16-7-4-5-8-19(16)31/h4-9,12,23H,3,10-11,14-15,33H2,1-2H3. The predicted octanol–water partition coefficient (Wildman–Crippen LogP) is 5.42. The molecule has 1 atom stereocenters. The van der Waals surface area contributed by atoms with E-state index < -0.39 is 17.8 Å². The number of carbonyl (C=O) groups excluding carboxylic acids is 2. The van der Waals surface area contributed by atoms with E-state index in [2.05, 4.69) is 33.9 Å². The topological polar surface area (TPSA) is 113 Å². The van der Waals surface area contributed by atoms with Crippen LogP contribution in [0.1, 0.15) is 40.0 Å². The molecule has 0 spiro atoms. The van der Waals surface area contributed by atoms with Crippen molar-refractivity contribution >= 4 is 50.9 Å². The lowest BCUT2D eigenvalue weighted by Crippen LogP contribution is -2.41. The van der Waals surface area contributed by atoms with Gasteiger partial charge in [-0.1, -0.05) is 52.0 Å². The molecule has 11 heteroatoms. The molecule has 3 aliphatic heterocycles. The van der Waals surface area contributed by atoms with Crippen molar-refractivity contribution in [2.24, 2.45) is 5.73 Å². The zero-order valence-electron chi connectivity index (χ0n) is 22.4. The Hall–Kier alpha value is -3.43. The van der Waals surface area contributed by atoms with Crippen molar-refractivity contribution in [3.8, 4) is 16.5 Å². The van der Waals surface area contributed by atoms with Crippen molar-refractivity contribution in [3.05, 3.63) is 91.3 Å². The van der Waals surface area contributed by atoms with Crippen molar-refractivity contribution in [2.45, 2.75) is 30.8 Å². The van der Waals surface area contributed by atoms with E-state index in [1.165, 1.54) is 16.7 Å². The summed E-state index contributed by atoms with van der Waals surface area (Å²) < 4.78 is 6.25. The van der Waals surface area contributed by atoms with Gasteiger partial charge in [-0.05, 0) is 42.6 Å². The van der Waals surface area contributed by atoms with Crippen LogP contribution in [-0.2, 0) is 22.5 Å². The van der Waals surface area contributed by atoms with Gasteiger partial charge in [-0.25, -0.2) is 9.78 Å². The fourth-order valence-electron chi connectivity index (χ4n) is 5.72. The minimum absolute atomic E-state index is 0.0155. The first-order valence-corrected chi connectivity index (χ1v) is 15.8. The number of amides is 1. The molecule has 0 radical (unpaired) electrons. The fraction of sp³-hybridized carbons (Fsp3) is 0.267. The number of nitrogens with zero attached hydrogens (tertiary/aromatic N) is 4. The number of thioether (sulfide) groups is 1. The third kappa shape index (κ3) is 4.59. The van der Waals surface area contributed by atoms with Crippen LogP contribution in [0.15, 0.2) is 73.9 Å². The second kappa shape index (κ2) is 11.1. The molecule has 0 saturated heterocycles. The zero-order chi connectivity index (χ0) is 28.8. The number of ether oxygens (including phenoxy) is 1. The van der Waals surface area contributed by atoms with Crippen LogP contribution >= 0.6 is 39.0 Å². The Balaban J connectivity index is 1.63. The van der Waals surface area contributed by atoms with Crippen molar-refractivity contribution in [2.75, 3.05) is 26.0 Å². The number of hydrogen-bond acceptors (Lipinski definition) is 9. The van der Waals surface area contributed by atoms with Crippen molar-refractivity contribution in [1.29, 1.82) is 5.26 Å². The normalized spacial score (nSPS) is 18.8. The molecule has 3 aromatic rings. The maximum Gasteiger partial charge on any atom is 0.336 e. The van der Waals surface area contributed by atoms with Gasteiger partial charge in [0, 0.05) is 51.6 Å². The Morgan fingerprint density at radius 2 is 2.07 bits per heavy atom. The number of halogens is 1. The number of allylic oxidation sites excluding steroid dienone is 1. The molecule has 0 bridgehead atoms. The fourth-order valence-corrected chi connectivity index (χ4v) is 8.11. The number of hydrogen-bond donors (Lipinski definition) is 1. The van der Waals surface area contributed by atoms with Crippen LogP contribution in [0.4, 0.5) is 0 Å². The van der Waals surface area contributed by atoms with Crippen LogP contribution in [0, 0.1) is 11.3 Å². The minimum Gasteiger partial charge on any atom is -0.463 e. The van der Waals surface area contributed by atoms with E-state index in [1.807, 2.05) is 41.8 Å². The third-order valence-corrected chi connectivity index (χ3v) is 10.1. The molecule has 0 saturated carbocycles. The van der Waals surface area contributed by atoms with E-state index in [0.717, 1.165) is 39.1 Å². The van der Waals surface area contributed by atoms with Gasteiger partial charge in [-0.2, -0.15) is 5.26 Å². The summed E-state index contributed by atoms with van der Waals surface area (Å²) in [7, 11) is 2.06. The average molecular weight is 649 g/mol. The van der Waals surface area contributed by atoms with Crippen LogP contribution in [0.5, 0.6) is 0 Å². The predicted molar refractivity (Wildman–Crippen MR) is 162 cm³/mol. The van der Waals surface area contributed by atoms with Crippen LogP contribution in [0.2, 0.25) is 0 Å². The van der Waals surface area contributed by atoms with Gasteiger partial charge in [0.1, 0.15) is 10.8 Å². The van der Waals surface area contributed by atoms with Gasteiger partial charge in [0.25, 0.3) is 5.91 Å². The molecule has 8 nitrogen and oxygen atoms in total. The van der Waals surface area contributed by atoms with Gasteiger partial charge in [0.15, 0.2) is 0 Å². The summed E-state index contributed by atoms with van der Waals surface area (Å²) in [5.74, 6) is -1.52. The quantitative estimate of drug-likeness (QED) is 0.374. The van der Waals surface area contributed by atoms with Crippen LogP contribution in [0.25, 0.3) is 10.4 Å². The van der Waals surface area contributed by atoms with Crippen LogP contribution in [-0.4, -0.2) is 52.6 Å². The van der Waals surface area contributed by atoms with E-state index in [9.17, 15) is 14.9 Å². The zero-order valence-corrected chi connectivity index (χ0v) is 25.7. The highest BCUT2D eigenvalue weighted by Crippen LogP contribution is 2.48. The first-order chi connectivity index (χ1) is 19.8. The number of fused-ring (bicyclic) bond motifs is 3. The molecule has 208 valence electrons. The molecular weight excluding hydrogens is 622 g/mol. The van der Waals surface area contributed by atoms with E-state index >= 15 is 0 Å². The number of pyridine rings is 1. The second-order valence-corrected chi connectivity index (χ2v) is 12.7. The van der Waals surface area contributed by atoms with Crippen LogP contribution in [0.3, 0.4) is 0 Å². The first-order valence-electron chi connectivity index (χ1n) is 13.1. The van der Waals surface area contributed by atoms with Gasteiger partial charge in [0.05, 0.1) is 35.3 Å². The highest BCUT2D eigenvalue weighted by molar-refractivity contribution is 9.10. The molecule has 2 aromatic heterocycles. The van der Waals surface area contributed by atoms with Gasteiger partial charge in [-0.3, -0.25) is 9.69 Å². The number of likely N-dealkylation sites (N-methyl/N-ethyl adjacent to an activating group) is 1. The lowest BCUT2D eigenvalue weighted by molar-refractivity contribution is -0.138. The number of esters is 1. The maximum absolute atomic E-state index is 14.7. The van der Waals surface area contributed by atoms with E-state index in [4.69, 9.17) is 15.5 Å². The Bertz CT molecular complexity index is 1690. The molecule has 1 amide bonds. The molecule has 2 N–H and O–H groups in total. The maximum atomic E-state index is 14.7. The SMILES string of the molecule is CCOC(=O)C1=C2CSc3nc4c(c(-c5cccs5)c3C(=O)N2C(N)=C(C#N)C1c1ccccc1Br)CN(C)CC4. The van der Waals surface area contributed by atoms with Gasteiger partial charge >= 0.3 is 5.97 Å². The Labute approximate surface area is 254 Å². The largest absolute Gasteiger partial charge is 0.463 e. The molecule has 6 rings (SSSR count). The third-order valence-electron chi connectivity index (χ3n) is 7.55.